The van der Waals surface area contributed by atoms with Gasteiger partial charge in [0.2, 0.25) is 0 Å². The van der Waals surface area contributed by atoms with Crippen molar-refractivity contribution < 1.29 is 28.9 Å². The summed E-state index contributed by atoms with van der Waals surface area (Å²) in [6.07, 6.45) is -1.99. The molecule has 7 heteroatoms. The summed E-state index contributed by atoms with van der Waals surface area (Å²) in [5.74, 6) is -0.735. The van der Waals surface area contributed by atoms with Crippen molar-refractivity contribution in [3.05, 3.63) is 35.4 Å². The number of carbonyl (C=O) groups is 2. The lowest BCUT2D eigenvalue weighted by Gasteiger charge is -2.36. The van der Waals surface area contributed by atoms with Crippen LogP contribution in [-0.4, -0.2) is 66.2 Å². The Morgan fingerprint density at radius 2 is 1.77 bits per heavy atom. The molecule has 7 nitrogen and oxygen atoms in total. The van der Waals surface area contributed by atoms with Gasteiger partial charge < -0.3 is 19.3 Å². The Morgan fingerprint density at radius 3 is 2.32 bits per heavy atom. The second kappa shape index (κ2) is 4.85. The standard InChI is InChI=1S/C15H15NO6/c1-20-15-10(12-11(22-12)9(6-17)21-15)16-13(18)7-4-2-3-5-8(7)14(16)19/h2-5,9-12,15,17H,6H2,1H3. The quantitative estimate of drug-likeness (QED) is 0.613. The Bertz CT molecular complexity index is 612. The van der Waals surface area contributed by atoms with Crippen LogP contribution in [0.1, 0.15) is 20.7 Å². The maximum atomic E-state index is 12.6. The van der Waals surface area contributed by atoms with E-state index < -0.39 is 18.4 Å². The van der Waals surface area contributed by atoms with Crippen LogP contribution in [0.5, 0.6) is 0 Å². The summed E-state index contributed by atoms with van der Waals surface area (Å²) in [6, 6.07) is 6.05. The molecule has 22 heavy (non-hydrogen) atoms. The molecule has 2 saturated heterocycles. The van der Waals surface area contributed by atoms with E-state index in [0.29, 0.717) is 11.1 Å². The first-order chi connectivity index (χ1) is 10.7. The van der Waals surface area contributed by atoms with Crippen molar-refractivity contribution in [1.29, 1.82) is 0 Å². The smallest absolute Gasteiger partial charge is 0.262 e. The molecule has 116 valence electrons. The predicted octanol–water partition coefficient (Wildman–Crippen LogP) is -0.218. The molecule has 0 bridgehead atoms. The van der Waals surface area contributed by atoms with E-state index in [2.05, 4.69) is 0 Å². The third-order valence-electron chi connectivity index (χ3n) is 4.39. The van der Waals surface area contributed by atoms with Gasteiger partial charge in [0, 0.05) is 7.11 Å². The molecule has 2 fully saturated rings. The molecular formula is C15H15NO6. The molecule has 5 atom stereocenters. The maximum Gasteiger partial charge on any atom is 0.262 e. The highest BCUT2D eigenvalue weighted by Crippen LogP contribution is 2.42. The molecule has 3 aliphatic heterocycles. The van der Waals surface area contributed by atoms with Crippen LogP contribution in [-0.2, 0) is 14.2 Å². The Kier molecular flexibility index (Phi) is 3.05. The highest BCUT2D eigenvalue weighted by atomic mass is 16.7. The highest BCUT2D eigenvalue weighted by Gasteiger charge is 2.62. The van der Waals surface area contributed by atoms with Gasteiger partial charge in [0.25, 0.3) is 11.8 Å². The van der Waals surface area contributed by atoms with Gasteiger partial charge >= 0.3 is 0 Å². The molecule has 5 unspecified atom stereocenters. The van der Waals surface area contributed by atoms with Gasteiger partial charge in [0.15, 0.2) is 6.29 Å². The first-order valence-electron chi connectivity index (χ1n) is 7.09. The molecule has 3 heterocycles. The number of hydrogen-bond acceptors (Lipinski definition) is 6. The van der Waals surface area contributed by atoms with Gasteiger partial charge in [-0.15, -0.1) is 0 Å². The number of aliphatic hydroxyl groups is 1. The van der Waals surface area contributed by atoms with E-state index in [4.69, 9.17) is 14.2 Å². The number of imide groups is 1. The monoisotopic (exact) mass is 305 g/mol. The molecular weight excluding hydrogens is 290 g/mol. The molecule has 0 aromatic heterocycles. The summed E-state index contributed by atoms with van der Waals surface area (Å²) in [5, 5.41) is 9.29. The van der Waals surface area contributed by atoms with Crippen LogP contribution in [0.2, 0.25) is 0 Å². The minimum atomic E-state index is -0.817. The summed E-state index contributed by atoms with van der Waals surface area (Å²) >= 11 is 0. The lowest BCUT2D eigenvalue weighted by molar-refractivity contribution is -0.201. The van der Waals surface area contributed by atoms with Crippen LogP contribution in [0.25, 0.3) is 0 Å². The summed E-state index contributed by atoms with van der Waals surface area (Å²) in [4.78, 5) is 26.3. The van der Waals surface area contributed by atoms with Gasteiger partial charge in [-0.2, -0.15) is 0 Å². The van der Waals surface area contributed by atoms with E-state index in [9.17, 15) is 14.7 Å². The Labute approximate surface area is 126 Å². The summed E-state index contributed by atoms with van der Waals surface area (Å²) in [5.41, 5.74) is 0.757. The molecule has 1 aromatic carbocycles. The Hall–Kier alpha value is -1.80. The molecule has 0 saturated carbocycles. The largest absolute Gasteiger partial charge is 0.394 e. The first kappa shape index (κ1) is 13.8. The Balaban J connectivity index is 1.68. The molecule has 0 radical (unpaired) electrons. The number of rotatable bonds is 3. The number of carbonyl (C=O) groups excluding carboxylic acids is 2. The first-order valence-corrected chi connectivity index (χ1v) is 7.09. The predicted molar refractivity (Wildman–Crippen MR) is 72.1 cm³/mol. The van der Waals surface area contributed by atoms with Gasteiger partial charge in [-0.25, -0.2) is 0 Å². The van der Waals surface area contributed by atoms with E-state index in [-0.39, 0.29) is 30.6 Å². The van der Waals surface area contributed by atoms with Gasteiger partial charge in [-0.1, -0.05) is 12.1 Å². The fraction of sp³-hybridized carbons (Fsp3) is 0.467. The fourth-order valence-electron chi connectivity index (χ4n) is 3.28. The van der Waals surface area contributed by atoms with Gasteiger partial charge in [-0.05, 0) is 12.1 Å². The van der Waals surface area contributed by atoms with E-state index in [1.54, 1.807) is 24.3 Å². The lowest BCUT2D eigenvalue weighted by atomic mass is 10.0. The van der Waals surface area contributed by atoms with Crippen LogP contribution in [0.3, 0.4) is 0 Å². The summed E-state index contributed by atoms with van der Waals surface area (Å²) in [7, 11) is 1.44. The average Bonchev–Trinajstić information content (AvgIpc) is 3.30. The zero-order valence-corrected chi connectivity index (χ0v) is 11.8. The molecule has 3 aliphatic rings. The van der Waals surface area contributed by atoms with Crippen molar-refractivity contribution >= 4 is 11.8 Å². The number of benzene rings is 1. The maximum absolute atomic E-state index is 12.6. The summed E-state index contributed by atoms with van der Waals surface area (Å²) in [6.45, 7) is -0.199. The van der Waals surface area contributed by atoms with Crippen molar-refractivity contribution in [1.82, 2.24) is 4.90 Å². The normalized spacial score (nSPS) is 36.3. The number of methoxy groups -OCH3 is 1. The van der Waals surface area contributed by atoms with Crippen LogP contribution < -0.4 is 0 Å². The van der Waals surface area contributed by atoms with Crippen molar-refractivity contribution in [3.63, 3.8) is 0 Å². The number of epoxide rings is 1. The molecule has 4 rings (SSSR count). The SMILES string of the molecule is COC1OC(CO)C2OC2C1N1C(=O)c2ccccc2C1=O. The molecule has 1 N–H and O–H groups in total. The topological polar surface area (TPSA) is 88.6 Å². The minimum absolute atomic E-state index is 0.199. The number of aliphatic hydroxyl groups excluding tert-OH is 1. The minimum Gasteiger partial charge on any atom is -0.394 e. The van der Waals surface area contributed by atoms with Gasteiger partial charge in [-0.3, -0.25) is 14.5 Å². The van der Waals surface area contributed by atoms with Crippen molar-refractivity contribution in [2.24, 2.45) is 0 Å². The van der Waals surface area contributed by atoms with Crippen molar-refractivity contribution in [3.8, 4) is 0 Å². The second-order valence-electron chi connectivity index (χ2n) is 5.54. The lowest BCUT2D eigenvalue weighted by Crippen LogP contribution is -2.57. The number of nitrogens with zero attached hydrogens (tertiary/aromatic N) is 1. The fourth-order valence-corrected chi connectivity index (χ4v) is 3.28. The van der Waals surface area contributed by atoms with E-state index in [0.717, 1.165) is 4.90 Å². The van der Waals surface area contributed by atoms with Crippen LogP contribution in [0.15, 0.2) is 24.3 Å². The number of amides is 2. The molecule has 1 aromatic rings. The molecule has 2 amide bonds. The third kappa shape index (κ3) is 1.77. The van der Waals surface area contributed by atoms with E-state index in [1.165, 1.54) is 7.11 Å². The average molecular weight is 305 g/mol. The third-order valence-corrected chi connectivity index (χ3v) is 4.39. The van der Waals surface area contributed by atoms with Crippen LogP contribution in [0.4, 0.5) is 0 Å². The molecule has 0 aliphatic carbocycles. The van der Waals surface area contributed by atoms with Crippen LogP contribution >= 0.6 is 0 Å². The van der Waals surface area contributed by atoms with E-state index in [1.807, 2.05) is 0 Å². The van der Waals surface area contributed by atoms with Crippen molar-refractivity contribution in [2.75, 3.05) is 13.7 Å². The second-order valence-corrected chi connectivity index (χ2v) is 5.54. The number of ether oxygens (including phenoxy) is 3. The Morgan fingerprint density at radius 1 is 1.14 bits per heavy atom. The molecule has 0 spiro atoms. The van der Waals surface area contributed by atoms with Gasteiger partial charge in [0.05, 0.1) is 17.7 Å². The summed E-state index contributed by atoms with van der Waals surface area (Å²) < 4.78 is 16.4. The van der Waals surface area contributed by atoms with Crippen LogP contribution in [0, 0.1) is 0 Å². The number of fused-ring (bicyclic) bond motifs is 2. The zero-order chi connectivity index (χ0) is 15.4. The zero-order valence-electron chi connectivity index (χ0n) is 11.8. The van der Waals surface area contributed by atoms with Crippen molar-refractivity contribution in [2.45, 2.75) is 30.6 Å². The van der Waals surface area contributed by atoms with E-state index >= 15 is 0 Å². The van der Waals surface area contributed by atoms with Gasteiger partial charge in [0.1, 0.15) is 24.4 Å². The number of hydrogen-bond donors (Lipinski definition) is 1. The highest BCUT2D eigenvalue weighted by molar-refractivity contribution is 6.21.